The highest BCUT2D eigenvalue weighted by Gasteiger charge is 2.09. The van der Waals surface area contributed by atoms with Crippen LogP contribution in [0.25, 0.3) is 0 Å². The van der Waals surface area contributed by atoms with Crippen LogP contribution in [0.5, 0.6) is 5.75 Å². The van der Waals surface area contributed by atoms with Gasteiger partial charge in [-0.15, -0.1) is 5.10 Å². The molecule has 0 fully saturated rings. The van der Waals surface area contributed by atoms with Crippen molar-refractivity contribution in [2.45, 2.75) is 13.2 Å². The summed E-state index contributed by atoms with van der Waals surface area (Å²) in [4.78, 5) is 11.3. The molecule has 2 rings (SSSR count). The lowest BCUT2D eigenvalue weighted by Gasteiger charge is -2.06. The molecule has 1 aromatic carbocycles. The van der Waals surface area contributed by atoms with Crippen molar-refractivity contribution in [1.29, 1.82) is 0 Å². The number of carbonyl (C=O) groups excluding carboxylic acids is 1. The Morgan fingerprint density at radius 1 is 1.42 bits per heavy atom. The zero-order valence-corrected chi connectivity index (χ0v) is 11.0. The van der Waals surface area contributed by atoms with Gasteiger partial charge in [0.15, 0.2) is 5.82 Å². The fourth-order valence-electron chi connectivity index (χ4n) is 1.34. The zero-order valence-electron chi connectivity index (χ0n) is 10.2. The highest BCUT2D eigenvalue weighted by molar-refractivity contribution is 6.30. The first kappa shape index (κ1) is 13.3. The quantitative estimate of drug-likeness (QED) is 0.870. The average Bonchev–Trinajstić information content (AvgIpc) is 2.85. The van der Waals surface area contributed by atoms with Gasteiger partial charge in [0.05, 0.1) is 0 Å². The topological polar surface area (TPSA) is 81.9 Å². The van der Waals surface area contributed by atoms with Crippen LogP contribution in [0.2, 0.25) is 5.02 Å². The summed E-state index contributed by atoms with van der Waals surface area (Å²) in [5.74, 6) is 0.942. The van der Waals surface area contributed by atoms with Gasteiger partial charge in [0.1, 0.15) is 18.9 Å². The van der Waals surface area contributed by atoms with Crippen LogP contribution in [-0.2, 0) is 17.9 Å². The van der Waals surface area contributed by atoms with E-state index in [0.717, 1.165) is 0 Å². The monoisotopic (exact) mass is 281 g/mol. The molecule has 0 unspecified atom stereocenters. The van der Waals surface area contributed by atoms with Crippen LogP contribution in [0, 0.1) is 0 Å². The third kappa shape index (κ3) is 3.65. The maximum absolute atomic E-state index is 11.3. The maximum atomic E-state index is 11.3. The first-order valence-electron chi connectivity index (χ1n) is 5.53. The fourth-order valence-corrected chi connectivity index (χ4v) is 1.47. The summed E-state index contributed by atoms with van der Waals surface area (Å²) in [6, 6.07) is 6.94. The molecular weight excluding hydrogens is 270 g/mol. The molecule has 0 saturated carbocycles. The molecule has 0 aliphatic carbocycles. The van der Waals surface area contributed by atoms with E-state index < -0.39 is 0 Å². The number of nitrogens with zero attached hydrogens (tertiary/aromatic N) is 4. The van der Waals surface area contributed by atoms with E-state index in [9.17, 15) is 4.79 Å². The smallest absolute Gasteiger partial charge is 0.241 e. The minimum atomic E-state index is -0.181. The second-order valence-corrected chi connectivity index (χ2v) is 4.10. The van der Waals surface area contributed by atoms with E-state index in [-0.39, 0.29) is 19.1 Å². The minimum absolute atomic E-state index is 0.0583. The van der Waals surface area contributed by atoms with Crippen LogP contribution in [0.1, 0.15) is 5.82 Å². The molecule has 2 aromatic rings. The molecule has 1 heterocycles. The van der Waals surface area contributed by atoms with E-state index in [1.807, 2.05) is 0 Å². The van der Waals surface area contributed by atoms with Crippen molar-refractivity contribution >= 4 is 17.5 Å². The SMILES string of the molecule is CNC(=O)Cn1nnnc1COc1ccc(Cl)cc1. The molecule has 1 aromatic heterocycles. The molecule has 1 amide bonds. The van der Waals surface area contributed by atoms with Gasteiger partial charge in [-0.1, -0.05) is 11.6 Å². The Labute approximate surface area is 114 Å². The summed E-state index contributed by atoms with van der Waals surface area (Å²) < 4.78 is 6.89. The van der Waals surface area contributed by atoms with Gasteiger partial charge < -0.3 is 10.1 Å². The summed E-state index contributed by atoms with van der Waals surface area (Å²) >= 11 is 5.77. The zero-order chi connectivity index (χ0) is 13.7. The normalized spacial score (nSPS) is 10.2. The predicted molar refractivity (Wildman–Crippen MR) is 67.7 cm³/mol. The van der Waals surface area contributed by atoms with Crippen LogP contribution < -0.4 is 10.1 Å². The Morgan fingerprint density at radius 2 is 2.16 bits per heavy atom. The minimum Gasteiger partial charge on any atom is -0.486 e. The van der Waals surface area contributed by atoms with Gasteiger partial charge >= 0.3 is 0 Å². The van der Waals surface area contributed by atoms with Gasteiger partial charge in [0.2, 0.25) is 5.91 Å². The van der Waals surface area contributed by atoms with Crippen LogP contribution in [-0.4, -0.2) is 33.2 Å². The summed E-state index contributed by atoms with van der Waals surface area (Å²) in [6.07, 6.45) is 0. The van der Waals surface area contributed by atoms with Crippen LogP contribution in [0.4, 0.5) is 0 Å². The van der Waals surface area contributed by atoms with Gasteiger partial charge in [-0.25, -0.2) is 4.68 Å². The lowest BCUT2D eigenvalue weighted by Crippen LogP contribution is -2.25. The molecule has 0 spiro atoms. The summed E-state index contributed by atoms with van der Waals surface area (Å²) in [5.41, 5.74) is 0. The van der Waals surface area contributed by atoms with E-state index in [1.54, 1.807) is 31.3 Å². The molecule has 100 valence electrons. The Kier molecular flexibility index (Phi) is 4.30. The molecular formula is C11H12ClN5O2. The van der Waals surface area contributed by atoms with E-state index in [1.165, 1.54) is 4.68 Å². The number of amides is 1. The number of nitrogens with one attached hydrogen (secondary N) is 1. The van der Waals surface area contributed by atoms with Crippen LogP contribution in [0.15, 0.2) is 24.3 Å². The highest BCUT2D eigenvalue weighted by atomic mass is 35.5. The number of likely N-dealkylation sites (N-methyl/N-ethyl adjacent to an activating group) is 1. The lowest BCUT2D eigenvalue weighted by molar-refractivity contribution is -0.121. The van der Waals surface area contributed by atoms with Crippen molar-refractivity contribution in [3.8, 4) is 5.75 Å². The Bertz CT molecular complexity index is 554. The number of ether oxygens (including phenoxy) is 1. The lowest BCUT2D eigenvalue weighted by atomic mass is 10.3. The first-order valence-corrected chi connectivity index (χ1v) is 5.91. The number of halogens is 1. The number of tetrazole rings is 1. The Balaban J connectivity index is 1.98. The third-order valence-corrected chi connectivity index (χ3v) is 2.61. The molecule has 8 heteroatoms. The second kappa shape index (κ2) is 6.14. The van der Waals surface area contributed by atoms with Crippen molar-refractivity contribution in [1.82, 2.24) is 25.5 Å². The van der Waals surface area contributed by atoms with E-state index >= 15 is 0 Å². The van der Waals surface area contributed by atoms with Crippen LogP contribution in [0.3, 0.4) is 0 Å². The van der Waals surface area contributed by atoms with Gasteiger partial charge in [0.25, 0.3) is 0 Å². The number of hydrogen-bond acceptors (Lipinski definition) is 5. The van der Waals surface area contributed by atoms with Gasteiger partial charge in [-0.05, 0) is 34.7 Å². The summed E-state index contributed by atoms with van der Waals surface area (Å²) in [7, 11) is 1.55. The standard InChI is InChI=1S/C11H12ClN5O2/c1-13-11(18)6-17-10(14-15-16-17)7-19-9-4-2-8(12)3-5-9/h2-5H,6-7H2,1H3,(H,13,18). The van der Waals surface area contributed by atoms with Crippen molar-refractivity contribution in [2.24, 2.45) is 0 Å². The van der Waals surface area contributed by atoms with Crippen molar-refractivity contribution < 1.29 is 9.53 Å². The molecule has 0 aliphatic heterocycles. The number of rotatable bonds is 5. The molecule has 0 aliphatic rings. The molecule has 1 N–H and O–H groups in total. The van der Waals surface area contributed by atoms with Crippen molar-refractivity contribution in [2.75, 3.05) is 7.05 Å². The summed E-state index contributed by atoms with van der Waals surface area (Å²) in [5, 5.41) is 14.2. The first-order chi connectivity index (χ1) is 9.19. The number of hydrogen-bond donors (Lipinski definition) is 1. The summed E-state index contributed by atoms with van der Waals surface area (Å²) in [6.45, 7) is 0.231. The van der Waals surface area contributed by atoms with Gasteiger partial charge in [-0.3, -0.25) is 4.79 Å². The van der Waals surface area contributed by atoms with Crippen molar-refractivity contribution in [3.63, 3.8) is 0 Å². The number of carbonyl (C=O) groups is 1. The molecule has 0 bridgehead atoms. The molecule has 0 atom stereocenters. The van der Waals surface area contributed by atoms with E-state index in [4.69, 9.17) is 16.3 Å². The average molecular weight is 282 g/mol. The number of benzene rings is 1. The Morgan fingerprint density at radius 3 is 2.84 bits per heavy atom. The highest BCUT2D eigenvalue weighted by Crippen LogP contribution is 2.16. The van der Waals surface area contributed by atoms with Crippen molar-refractivity contribution in [3.05, 3.63) is 35.1 Å². The fraction of sp³-hybridized carbons (Fsp3) is 0.273. The molecule has 0 radical (unpaired) electrons. The molecule has 19 heavy (non-hydrogen) atoms. The Hall–Kier alpha value is -2.15. The second-order valence-electron chi connectivity index (χ2n) is 3.67. The van der Waals surface area contributed by atoms with Crippen LogP contribution >= 0.6 is 11.6 Å². The van der Waals surface area contributed by atoms with E-state index in [0.29, 0.717) is 16.6 Å². The van der Waals surface area contributed by atoms with E-state index in [2.05, 4.69) is 20.8 Å². The largest absolute Gasteiger partial charge is 0.486 e. The molecule has 0 saturated heterocycles. The third-order valence-electron chi connectivity index (χ3n) is 2.36. The van der Waals surface area contributed by atoms with Gasteiger partial charge in [-0.2, -0.15) is 0 Å². The maximum Gasteiger partial charge on any atom is 0.241 e. The number of aromatic nitrogens is 4. The molecule has 7 nitrogen and oxygen atoms in total. The van der Waals surface area contributed by atoms with Gasteiger partial charge in [0, 0.05) is 12.1 Å². The predicted octanol–water partition coefficient (Wildman–Crippen LogP) is 0.652.